The van der Waals surface area contributed by atoms with Crippen molar-refractivity contribution >= 4 is 0 Å². The fraction of sp³-hybridized carbons (Fsp3) is 0.520. The second-order valence-corrected chi connectivity index (χ2v) is 8.39. The number of rotatable bonds is 11. The predicted octanol–water partition coefficient (Wildman–Crippen LogP) is 8.12. The Kier molecular flexibility index (Phi) is 9.54. The van der Waals surface area contributed by atoms with Gasteiger partial charge >= 0.3 is 6.18 Å². The average Bonchev–Trinajstić information content (AvgIpc) is 3.21. The van der Waals surface area contributed by atoms with E-state index in [1.54, 1.807) is 0 Å². The Morgan fingerprint density at radius 3 is 2.59 bits per heavy atom. The molecular weight excluding hydrogens is 417 g/mol. The number of alkyl halides is 3. The minimum Gasteiger partial charge on any atom is -0.489 e. The van der Waals surface area contributed by atoms with Gasteiger partial charge in [0.2, 0.25) is 11.7 Å². The molecule has 4 nitrogen and oxygen atoms in total. The van der Waals surface area contributed by atoms with Gasteiger partial charge in [0.1, 0.15) is 12.4 Å². The van der Waals surface area contributed by atoms with Crippen molar-refractivity contribution in [3.05, 3.63) is 53.0 Å². The number of hydrogen-bond donors (Lipinski definition) is 0. The van der Waals surface area contributed by atoms with Crippen LogP contribution in [0.25, 0.3) is 11.4 Å². The van der Waals surface area contributed by atoms with Gasteiger partial charge in [-0.1, -0.05) is 49.1 Å². The molecule has 1 heterocycles. The molecule has 0 aliphatic heterocycles. The summed E-state index contributed by atoms with van der Waals surface area (Å²) in [6.45, 7) is 10.2. The third-order valence-corrected chi connectivity index (χ3v) is 5.16. The van der Waals surface area contributed by atoms with Crippen molar-refractivity contribution in [3.63, 3.8) is 0 Å². The number of nitrogens with zero attached hydrogens (tertiary/aromatic N) is 2. The Balaban J connectivity index is 2.15. The van der Waals surface area contributed by atoms with Crippen LogP contribution in [-0.2, 0) is 6.18 Å². The number of halogens is 3. The molecule has 0 bridgehead atoms. The second kappa shape index (κ2) is 11.9. The Morgan fingerprint density at radius 2 is 1.94 bits per heavy atom. The van der Waals surface area contributed by atoms with Crippen LogP contribution >= 0.6 is 0 Å². The normalized spacial score (nSPS) is 13.2. The van der Waals surface area contributed by atoms with Gasteiger partial charge in [-0.3, -0.25) is 0 Å². The summed E-state index contributed by atoms with van der Waals surface area (Å²) in [5.74, 6) is 0.439. The minimum atomic E-state index is -4.56. The van der Waals surface area contributed by atoms with Crippen LogP contribution < -0.4 is 4.74 Å². The molecule has 0 N–H and O–H groups in total. The molecule has 176 valence electrons. The number of allylic oxidation sites excluding steroid dienone is 3. The zero-order valence-electron chi connectivity index (χ0n) is 19.6. The lowest BCUT2D eigenvalue weighted by molar-refractivity contribution is -0.138. The van der Waals surface area contributed by atoms with Crippen molar-refractivity contribution in [2.75, 3.05) is 6.61 Å². The maximum absolute atomic E-state index is 13.7. The van der Waals surface area contributed by atoms with Gasteiger partial charge in [0.05, 0.1) is 5.56 Å². The lowest BCUT2D eigenvalue weighted by Gasteiger charge is -2.14. The number of benzene rings is 1. The summed E-state index contributed by atoms with van der Waals surface area (Å²) < 4.78 is 51.8. The highest BCUT2D eigenvalue weighted by Crippen LogP contribution is 2.38. The zero-order chi connectivity index (χ0) is 23.7. The topological polar surface area (TPSA) is 48.2 Å². The molecule has 1 atom stereocenters. The molecule has 0 spiro atoms. The van der Waals surface area contributed by atoms with Crippen LogP contribution in [-0.4, -0.2) is 16.7 Å². The highest BCUT2D eigenvalue weighted by Gasteiger charge is 2.35. The van der Waals surface area contributed by atoms with Crippen LogP contribution in [0.1, 0.15) is 84.1 Å². The molecule has 7 heteroatoms. The number of unbranched alkanes of at least 4 members (excludes halogenated alkanes) is 1. The SMILES string of the molecule is CCCC[C@H](C)c1nc(-c2ccc(OC/C=C(\C)CCC=C(C)C)c(C(F)(F)F)c2)no1. The maximum Gasteiger partial charge on any atom is 0.419 e. The third-order valence-electron chi connectivity index (χ3n) is 5.16. The highest BCUT2D eigenvalue weighted by molar-refractivity contribution is 5.59. The van der Waals surface area contributed by atoms with Crippen molar-refractivity contribution < 1.29 is 22.4 Å². The van der Waals surface area contributed by atoms with E-state index in [9.17, 15) is 13.2 Å². The van der Waals surface area contributed by atoms with E-state index in [4.69, 9.17) is 9.26 Å². The van der Waals surface area contributed by atoms with Crippen LogP contribution in [0, 0.1) is 0 Å². The average molecular weight is 451 g/mol. The summed E-state index contributed by atoms with van der Waals surface area (Å²) in [6.07, 6.45) is 4.09. The van der Waals surface area contributed by atoms with E-state index in [0.717, 1.165) is 43.7 Å². The Hall–Kier alpha value is -2.57. The molecule has 0 saturated heterocycles. The van der Waals surface area contributed by atoms with Gasteiger partial charge in [-0.05, 0) is 64.3 Å². The largest absolute Gasteiger partial charge is 0.489 e. The minimum absolute atomic E-state index is 0.0626. The lowest BCUT2D eigenvalue weighted by Crippen LogP contribution is -2.09. The molecule has 1 aromatic carbocycles. The molecule has 1 aromatic heterocycles. The first-order chi connectivity index (χ1) is 15.1. The maximum atomic E-state index is 13.7. The van der Waals surface area contributed by atoms with Gasteiger partial charge in [-0.25, -0.2) is 0 Å². The van der Waals surface area contributed by atoms with Crippen LogP contribution in [0.15, 0.2) is 46.0 Å². The molecule has 0 saturated carbocycles. The molecule has 0 amide bonds. The summed E-state index contributed by atoms with van der Waals surface area (Å²) in [5, 5.41) is 3.89. The Morgan fingerprint density at radius 1 is 1.19 bits per heavy atom. The molecule has 0 aliphatic rings. The number of aromatic nitrogens is 2. The van der Waals surface area contributed by atoms with Crippen LogP contribution in [0.5, 0.6) is 5.75 Å². The number of hydrogen-bond acceptors (Lipinski definition) is 4. The van der Waals surface area contributed by atoms with E-state index >= 15 is 0 Å². The molecule has 0 aliphatic carbocycles. The van der Waals surface area contributed by atoms with Crippen LogP contribution in [0.3, 0.4) is 0 Å². The second-order valence-electron chi connectivity index (χ2n) is 8.39. The van der Waals surface area contributed by atoms with E-state index in [0.29, 0.717) is 5.89 Å². The predicted molar refractivity (Wildman–Crippen MR) is 121 cm³/mol. The van der Waals surface area contributed by atoms with Gasteiger partial charge in [-0.15, -0.1) is 0 Å². The van der Waals surface area contributed by atoms with E-state index in [-0.39, 0.29) is 29.7 Å². The van der Waals surface area contributed by atoms with Crippen molar-refractivity contribution in [1.29, 1.82) is 0 Å². The summed E-state index contributed by atoms with van der Waals surface area (Å²) in [4.78, 5) is 4.31. The summed E-state index contributed by atoms with van der Waals surface area (Å²) in [5.41, 5.74) is 1.71. The fourth-order valence-electron chi connectivity index (χ4n) is 3.17. The van der Waals surface area contributed by atoms with Gasteiger partial charge in [0, 0.05) is 11.5 Å². The smallest absolute Gasteiger partial charge is 0.419 e. The summed E-state index contributed by atoms with van der Waals surface area (Å²) in [6, 6.07) is 3.87. The molecule has 0 unspecified atom stereocenters. The Bertz CT molecular complexity index is 926. The van der Waals surface area contributed by atoms with E-state index in [1.165, 1.54) is 17.7 Å². The quantitative estimate of drug-likeness (QED) is 0.324. The van der Waals surface area contributed by atoms with Gasteiger partial charge in [-0.2, -0.15) is 18.2 Å². The standard InChI is InChI=1S/C25H33F3N2O2/c1-6-7-11-19(5)24-29-23(30-32-24)20-12-13-22(21(16-20)25(26,27)28)31-15-14-18(4)10-8-9-17(2)3/h9,12-14,16,19H,6-8,10-11,15H2,1-5H3/b18-14+/t19-/m0/s1. The van der Waals surface area contributed by atoms with Gasteiger partial charge in [0.25, 0.3) is 0 Å². The number of ether oxygens (including phenoxy) is 1. The zero-order valence-corrected chi connectivity index (χ0v) is 19.6. The van der Waals surface area contributed by atoms with E-state index in [1.807, 2.05) is 33.8 Å². The monoisotopic (exact) mass is 450 g/mol. The molecule has 2 rings (SSSR count). The molecule has 2 aromatic rings. The summed E-state index contributed by atoms with van der Waals surface area (Å²) in [7, 11) is 0. The summed E-state index contributed by atoms with van der Waals surface area (Å²) >= 11 is 0. The Labute approximate surface area is 188 Å². The first-order valence-electron chi connectivity index (χ1n) is 11.1. The molecule has 32 heavy (non-hydrogen) atoms. The lowest BCUT2D eigenvalue weighted by atomic mass is 10.0. The van der Waals surface area contributed by atoms with Crippen molar-refractivity contribution in [3.8, 4) is 17.1 Å². The van der Waals surface area contributed by atoms with Crippen LogP contribution in [0.2, 0.25) is 0 Å². The first-order valence-corrected chi connectivity index (χ1v) is 11.1. The molecule has 0 radical (unpaired) electrons. The van der Waals surface area contributed by atoms with E-state index < -0.39 is 11.7 Å². The van der Waals surface area contributed by atoms with Crippen LogP contribution in [0.4, 0.5) is 13.2 Å². The van der Waals surface area contributed by atoms with Crippen molar-refractivity contribution in [2.45, 2.75) is 78.8 Å². The third kappa shape index (κ3) is 7.84. The molecular formula is C25H33F3N2O2. The van der Waals surface area contributed by atoms with Crippen molar-refractivity contribution in [1.82, 2.24) is 10.1 Å². The van der Waals surface area contributed by atoms with Gasteiger partial charge in [0.15, 0.2) is 0 Å². The van der Waals surface area contributed by atoms with Gasteiger partial charge < -0.3 is 9.26 Å². The molecule has 0 fully saturated rings. The fourth-order valence-corrected chi connectivity index (χ4v) is 3.17. The van der Waals surface area contributed by atoms with Crippen molar-refractivity contribution in [2.24, 2.45) is 0 Å². The highest BCUT2D eigenvalue weighted by atomic mass is 19.4. The first kappa shape index (κ1) is 25.7. The van der Waals surface area contributed by atoms with E-state index in [2.05, 4.69) is 23.1 Å².